The van der Waals surface area contributed by atoms with Gasteiger partial charge in [0.05, 0.1) is 18.9 Å². The number of carbonyl (C=O) groups is 2. The topological polar surface area (TPSA) is 109 Å². The first-order valence-corrected chi connectivity index (χ1v) is 13.3. The average Bonchev–Trinajstić information content (AvgIpc) is 3.40. The number of halogens is 1. The van der Waals surface area contributed by atoms with Gasteiger partial charge in [-0.2, -0.15) is 5.10 Å². The average molecular weight is 538 g/mol. The van der Waals surface area contributed by atoms with Crippen molar-refractivity contribution in [2.45, 2.75) is 26.7 Å². The van der Waals surface area contributed by atoms with Crippen LogP contribution in [-0.4, -0.2) is 68.6 Å². The number of H-pyrrole nitrogens is 1. The van der Waals surface area contributed by atoms with Gasteiger partial charge in [-0.15, -0.1) is 0 Å². The third kappa shape index (κ3) is 8.11. The van der Waals surface area contributed by atoms with Gasteiger partial charge in [0.2, 0.25) is 6.41 Å². The van der Waals surface area contributed by atoms with E-state index in [-0.39, 0.29) is 11.5 Å². The molecule has 0 spiro atoms. The van der Waals surface area contributed by atoms with E-state index < -0.39 is 5.82 Å². The maximum atomic E-state index is 14.2. The van der Waals surface area contributed by atoms with Crippen LogP contribution in [0.25, 0.3) is 11.3 Å². The fourth-order valence-corrected chi connectivity index (χ4v) is 4.61. The number of nitrogens with one attached hydrogen (secondary N) is 3. The molecule has 2 aromatic carbocycles. The standard InChI is InChI=1S/C22H23FN4O2.C7H13NO2/c1-14-3-4-18(13-20(14)21-9-15(2)25-26-21)24-22(28)16-10-17(23)12-19(11-16)27-5-7-29-8-6-27;9-6-8-5-7-1-3-10-4-2-7/h3-4,9-13H,5-8H2,1-2H3,(H,24,28)(H,25,26);6-7H,1-5H2,(H,8,9). The van der Waals surface area contributed by atoms with Crippen molar-refractivity contribution in [1.82, 2.24) is 15.5 Å². The molecule has 2 saturated heterocycles. The van der Waals surface area contributed by atoms with Crippen molar-refractivity contribution in [2.24, 2.45) is 5.92 Å². The molecule has 0 bridgehead atoms. The first-order chi connectivity index (χ1) is 18.9. The van der Waals surface area contributed by atoms with Gasteiger partial charge < -0.3 is 25.0 Å². The molecule has 0 unspecified atom stereocenters. The van der Waals surface area contributed by atoms with E-state index >= 15 is 0 Å². The molecule has 0 saturated carbocycles. The molecule has 9 nitrogen and oxygen atoms in total. The zero-order chi connectivity index (χ0) is 27.6. The number of rotatable bonds is 7. The molecule has 1 aromatic heterocycles. The summed E-state index contributed by atoms with van der Waals surface area (Å²) in [6, 6.07) is 12.0. The molecule has 2 amide bonds. The van der Waals surface area contributed by atoms with Crippen LogP contribution in [0.15, 0.2) is 42.5 Å². The van der Waals surface area contributed by atoms with E-state index in [2.05, 4.69) is 20.8 Å². The number of hydrogen-bond donors (Lipinski definition) is 3. The first kappa shape index (κ1) is 28.3. The van der Waals surface area contributed by atoms with Crippen LogP contribution in [0.3, 0.4) is 0 Å². The Bertz CT molecular complexity index is 1250. The number of morpholine rings is 1. The van der Waals surface area contributed by atoms with Gasteiger partial charge in [-0.3, -0.25) is 14.7 Å². The van der Waals surface area contributed by atoms with Crippen molar-refractivity contribution in [3.63, 3.8) is 0 Å². The SMILES string of the molecule is Cc1cc(-c2cc(NC(=O)c3cc(F)cc(N4CCOCC4)c3)ccc2C)n[nH]1.O=CNCC1CCOCC1. The molecule has 10 heteroatoms. The molecule has 2 aliphatic heterocycles. The summed E-state index contributed by atoms with van der Waals surface area (Å²) >= 11 is 0. The van der Waals surface area contributed by atoms with Crippen molar-refractivity contribution in [3.05, 3.63) is 65.1 Å². The zero-order valence-corrected chi connectivity index (χ0v) is 22.5. The zero-order valence-electron chi connectivity index (χ0n) is 22.5. The Balaban J connectivity index is 0.000000298. The lowest BCUT2D eigenvalue weighted by atomic mass is 10.0. The minimum absolute atomic E-state index is 0.282. The maximum absolute atomic E-state index is 14.2. The summed E-state index contributed by atoms with van der Waals surface area (Å²) in [5, 5.41) is 12.8. The van der Waals surface area contributed by atoms with E-state index in [1.807, 2.05) is 43.0 Å². The Hall–Kier alpha value is -3.76. The lowest BCUT2D eigenvalue weighted by Crippen LogP contribution is -2.36. The Morgan fingerprint density at radius 3 is 2.51 bits per heavy atom. The van der Waals surface area contributed by atoms with E-state index in [0.717, 1.165) is 61.5 Å². The molecule has 3 N–H and O–H groups in total. The monoisotopic (exact) mass is 537 g/mol. The Labute approximate surface area is 228 Å². The number of nitrogens with zero attached hydrogens (tertiary/aromatic N) is 2. The number of aryl methyl sites for hydroxylation is 2. The highest BCUT2D eigenvalue weighted by Crippen LogP contribution is 2.26. The van der Waals surface area contributed by atoms with Crippen LogP contribution in [0, 0.1) is 25.6 Å². The lowest BCUT2D eigenvalue weighted by molar-refractivity contribution is -0.109. The van der Waals surface area contributed by atoms with Crippen LogP contribution in [0.5, 0.6) is 0 Å². The van der Waals surface area contributed by atoms with Crippen LogP contribution in [0.4, 0.5) is 15.8 Å². The molecular formula is C29H36FN5O4. The number of aromatic amines is 1. The molecule has 2 fully saturated rings. The number of aromatic nitrogens is 2. The molecule has 0 aliphatic carbocycles. The van der Waals surface area contributed by atoms with Crippen LogP contribution >= 0.6 is 0 Å². The smallest absolute Gasteiger partial charge is 0.255 e. The fraction of sp³-hybridized carbons (Fsp3) is 0.414. The summed E-state index contributed by atoms with van der Waals surface area (Å²) in [4.78, 5) is 24.7. The van der Waals surface area contributed by atoms with Crippen LogP contribution in [0.1, 0.15) is 34.5 Å². The number of carbonyl (C=O) groups excluding carboxylic acids is 2. The number of benzene rings is 2. The van der Waals surface area contributed by atoms with Gasteiger partial charge in [0, 0.05) is 61.0 Å². The molecule has 2 aliphatic rings. The summed E-state index contributed by atoms with van der Waals surface area (Å²) in [5.41, 5.74) is 5.36. The Morgan fingerprint density at radius 2 is 1.82 bits per heavy atom. The van der Waals surface area contributed by atoms with Gasteiger partial charge in [-0.1, -0.05) is 6.07 Å². The van der Waals surface area contributed by atoms with E-state index in [1.165, 1.54) is 12.1 Å². The summed E-state index contributed by atoms with van der Waals surface area (Å²) in [6.45, 7) is 8.99. The van der Waals surface area contributed by atoms with Crippen LogP contribution < -0.4 is 15.5 Å². The minimum atomic E-state index is -0.435. The van der Waals surface area contributed by atoms with Crippen molar-refractivity contribution >= 4 is 23.7 Å². The molecular weight excluding hydrogens is 501 g/mol. The number of amides is 2. The third-order valence-electron chi connectivity index (χ3n) is 6.83. The van der Waals surface area contributed by atoms with Gasteiger partial charge >= 0.3 is 0 Å². The van der Waals surface area contributed by atoms with Gasteiger partial charge in [0.25, 0.3) is 5.91 Å². The van der Waals surface area contributed by atoms with Crippen molar-refractivity contribution < 1.29 is 23.5 Å². The second-order valence-electron chi connectivity index (χ2n) is 9.80. The summed E-state index contributed by atoms with van der Waals surface area (Å²) < 4.78 is 24.7. The summed E-state index contributed by atoms with van der Waals surface area (Å²) in [7, 11) is 0. The third-order valence-corrected chi connectivity index (χ3v) is 6.83. The molecule has 3 aromatic rings. The van der Waals surface area contributed by atoms with Gasteiger partial charge in [-0.05, 0) is 74.6 Å². The highest BCUT2D eigenvalue weighted by atomic mass is 19.1. The highest BCUT2D eigenvalue weighted by molar-refractivity contribution is 6.05. The van der Waals surface area contributed by atoms with Gasteiger partial charge in [0.15, 0.2) is 0 Å². The van der Waals surface area contributed by atoms with Crippen LogP contribution in [-0.2, 0) is 14.3 Å². The lowest BCUT2D eigenvalue weighted by Gasteiger charge is -2.29. The largest absolute Gasteiger partial charge is 0.381 e. The van der Waals surface area contributed by atoms with E-state index in [9.17, 15) is 14.0 Å². The number of hydrogen-bond acceptors (Lipinski definition) is 6. The minimum Gasteiger partial charge on any atom is -0.381 e. The predicted octanol–water partition coefficient (Wildman–Crippen LogP) is 4.08. The summed E-state index contributed by atoms with van der Waals surface area (Å²) in [6.07, 6.45) is 2.93. The predicted molar refractivity (Wildman–Crippen MR) is 148 cm³/mol. The van der Waals surface area contributed by atoms with E-state index in [4.69, 9.17) is 9.47 Å². The normalized spacial score (nSPS) is 15.7. The van der Waals surface area contributed by atoms with Crippen molar-refractivity contribution in [1.29, 1.82) is 0 Å². The molecule has 3 heterocycles. The molecule has 208 valence electrons. The quantitative estimate of drug-likeness (QED) is 0.392. The second-order valence-corrected chi connectivity index (χ2v) is 9.80. The highest BCUT2D eigenvalue weighted by Gasteiger charge is 2.16. The van der Waals surface area contributed by atoms with E-state index in [0.29, 0.717) is 43.6 Å². The second kappa shape index (κ2) is 13.9. The maximum Gasteiger partial charge on any atom is 0.255 e. The molecule has 0 radical (unpaired) electrons. The van der Waals surface area contributed by atoms with E-state index in [1.54, 1.807) is 6.07 Å². The van der Waals surface area contributed by atoms with Crippen LogP contribution in [0.2, 0.25) is 0 Å². The van der Waals surface area contributed by atoms with Gasteiger partial charge in [0.1, 0.15) is 5.82 Å². The molecule has 5 rings (SSSR count). The fourth-order valence-electron chi connectivity index (χ4n) is 4.61. The first-order valence-electron chi connectivity index (χ1n) is 13.3. The number of anilines is 2. The van der Waals surface area contributed by atoms with Gasteiger partial charge in [-0.25, -0.2) is 4.39 Å². The Kier molecular flexibility index (Phi) is 10.0. The molecule has 39 heavy (non-hydrogen) atoms. The Morgan fingerprint density at radius 1 is 1.08 bits per heavy atom. The van der Waals surface area contributed by atoms with Crippen molar-refractivity contribution in [2.75, 3.05) is 56.3 Å². The van der Waals surface area contributed by atoms with Crippen molar-refractivity contribution in [3.8, 4) is 11.3 Å². The number of ether oxygens (including phenoxy) is 2. The summed E-state index contributed by atoms with van der Waals surface area (Å²) in [5.74, 6) is -0.151. The molecule has 0 atom stereocenters.